The molecule has 0 atom stereocenters. The zero-order chi connectivity index (χ0) is 19.5. The van der Waals surface area contributed by atoms with Crippen LogP contribution >= 0.6 is 11.6 Å². The Morgan fingerprint density at radius 3 is 2.61 bits per heavy atom. The number of benzene rings is 2. The Morgan fingerprint density at radius 1 is 0.964 bits per heavy atom. The summed E-state index contributed by atoms with van der Waals surface area (Å²) in [6, 6.07) is 18.7. The fraction of sp³-hybridized carbons (Fsp3) is 0.0455. The van der Waals surface area contributed by atoms with E-state index in [4.69, 9.17) is 11.6 Å². The number of amides is 1. The lowest BCUT2D eigenvalue weighted by molar-refractivity contribution is 0.102. The first-order chi connectivity index (χ1) is 13.6. The van der Waals surface area contributed by atoms with Gasteiger partial charge in [-0.1, -0.05) is 29.8 Å². The Balaban J connectivity index is 1.51. The van der Waals surface area contributed by atoms with Gasteiger partial charge < -0.3 is 10.6 Å². The molecule has 5 nitrogen and oxygen atoms in total. The van der Waals surface area contributed by atoms with E-state index in [-0.39, 0.29) is 5.91 Å². The van der Waals surface area contributed by atoms with Crippen LogP contribution in [0.3, 0.4) is 0 Å². The molecule has 6 heteroatoms. The summed E-state index contributed by atoms with van der Waals surface area (Å²) < 4.78 is 0. The third kappa shape index (κ3) is 3.80. The Hall–Kier alpha value is -3.44. The van der Waals surface area contributed by atoms with Gasteiger partial charge in [0.25, 0.3) is 5.91 Å². The Bertz CT molecular complexity index is 1150. The number of aromatic nitrogens is 2. The lowest BCUT2D eigenvalue weighted by Crippen LogP contribution is -2.14. The second kappa shape index (κ2) is 7.66. The molecule has 2 heterocycles. The number of hydrogen-bond donors (Lipinski definition) is 2. The zero-order valence-corrected chi connectivity index (χ0v) is 15.9. The molecule has 2 N–H and O–H groups in total. The Morgan fingerprint density at radius 2 is 1.82 bits per heavy atom. The van der Waals surface area contributed by atoms with Gasteiger partial charge in [-0.2, -0.15) is 0 Å². The van der Waals surface area contributed by atoms with Crippen LogP contribution in [0.25, 0.3) is 10.9 Å². The predicted octanol–water partition coefficient (Wildman–Crippen LogP) is 5.59. The number of para-hydroxylation sites is 1. The van der Waals surface area contributed by atoms with Gasteiger partial charge in [-0.3, -0.25) is 9.78 Å². The van der Waals surface area contributed by atoms with Crippen molar-refractivity contribution in [1.82, 2.24) is 9.97 Å². The molecule has 28 heavy (non-hydrogen) atoms. The van der Waals surface area contributed by atoms with Gasteiger partial charge in [-0.15, -0.1) is 0 Å². The van der Waals surface area contributed by atoms with Crippen LogP contribution in [0.4, 0.5) is 17.1 Å². The van der Waals surface area contributed by atoms with E-state index in [0.29, 0.717) is 16.4 Å². The van der Waals surface area contributed by atoms with E-state index in [1.165, 1.54) is 0 Å². The maximum absolute atomic E-state index is 12.5. The van der Waals surface area contributed by atoms with Crippen molar-refractivity contribution in [2.75, 3.05) is 10.6 Å². The molecule has 4 aromatic rings. The number of halogens is 1. The maximum atomic E-state index is 12.5. The van der Waals surface area contributed by atoms with Crippen molar-refractivity contribution in [2.24, 2.45) is 0 Å². The molecule has 0 spiro atoms. The largest absolute Gasteiger partial charge is 0.352 e. The van der Waals surface area contributed by atoms with Crippen molar-refractivity contribution in [2.45, 2.75) is 6.92 Å². The molecule has 0 saturated heterocycles. The summed E-state index contributed by atoms with van der Waals surface area (Å²) in [5.41, 5.74) is 4.47. The molecule has 0 saturated carbocycles. The smallest absolute Gasteiger partial charge is 0.274 e. The van der Waals surface area contributed by atoms with Crippen LogP contribution < -0.4 is 10.6 Å². The van der Waals surface area contributed by atoms with Crippen molar-refractivity contribution in [1.29, 1.82) is 0 Å². The van der Waals surface area contributed by atoms with E-state index < -0.39 is 0 Å². The minimum Gasteiger partial charge on any atom is -0.352 e. The van der Waals surface area contributed by atoms with Crippen molar-refractivity contribution >= 4 is 45.5 Å². The number of carbonyl (C=O) groups excluding carboxylic acids is 1. The molecule has 0 aliphatic carbocycles. The SMILES string of the molecule is Cc1cc(Cl)ccc1NC(=O)c1ccc(Nc2cccc3cccnc23)cn1. The lowest BCUT2D eigenvalue weighted by atomic mass is 10.2. The molecule has 0 unspecified atom stereocenters. The fourth-order valence-corrected chi connectivity index (χ4v) is 3.14. The molecule has 0 aliphatic heterocycles. The lowest BCUT2D eigenvalue weighted by Gasteiger charge is -2.10. The quantitative estimate of drug-likeness (QED) is 0.478. The zero-order valence-electron chi connectivity index (χ0n) is 15.1. The molecule has 138 valence electrons. The van der Waals surface area contributed by atoms with E-state index in [9.17, 15) is 4.79 Å². The van der Waals surface area contributed by atoms with E-state index in [1.807, 2.05) is 43.3 Å². The monoisotopic (exact) mass is 388 g/mol. The summed E-state index contributed by atoms with van der Waals surface area (Å²) >= 11 is 5.95. The van der Waals surface area contributed by atoms with Gasteiger partial charge in [0.1, 0.15) is 5.69 Å². The number of anilines is 3. The molecule has 4 rings (SSSR count). The van der Waals surface area contributed by atoms with E-state index >= 15 is 0 Å². The molecule has 0 aliphatic rings. The normalized spacial score (nSPS) is 10.6. The van der Waals surface area contributed by atoms with Crippen LogP contribution in [0.15, 0.2) is 73.1 Å². The maximum Gasteiger partial charge on any atom is 0.274 e. The van der Waals surface area contributed by atoms with E-state index in [1.54, 1.807) is 36.7 Å². The van der Waals surface area contributed by atoms with Crippen LogP contribution in [-0.2, 0) is 0 Å². The van der Waals surface area contributed by atoms with Crippen LogP contribution in [0, 0.1) is 6.92 Å². The number of pyridine rings is 2. The number of nitrogens with one attached hydrogen (secondary N) is 2. The highest BCUT2D eigenvalue weighted by Crippen LogP contribution is 2.24. The third-order valence-electron chi connectivity index (χ3n) is 4.34. The average molecular weight is 389 g/mol. The first-order valence-corrected chi connectivity index (χ1v) is 9.12. The fourth-order valence-electron chi connectivity index (χ4n) is 2.92. The number of carbonyl (C=O) groups is 1. The van der Waals surface area contributed by atoms with Crippen molar-refractivity contribution < 1.29 is 4.79 Å². The van der Waals surface area contributed by atoms with Gasteiger partial charge in [0.15, 0.2) is 0 Å². The minimum absolute atomic E-state index is 0.274. The van der Waals surface area contributed by atoms with Gasteiger partial charge >= 0.3 is 0 Å². The molecule has 1 amide bonds. The average Bonchev–Trinajstić information content (AvgIpc) is 2.71. The third-order valence-corrected chi connectivity index (χ3v) is 4.58. The van der Waals surface area contributed by atoms with Crippen molar-refractivity contribution in [3.63, 3.8) is 0 Å². The molecule has 2 aromatic carbocycles. The summed E-state index contributed by atoms with van der Waals surface area (Å²) in [5.74, 6) is -0.274. The number of rotatable bonds is 4. The van der Waals surface area contributed by atoms with Crippen molar-refractivity contribution in [3.8, 4) is 0 Å². The summed E-state index contributed by atoms with van der Waals surface area (Å²) in [6.07, 6.45) is 3.39. The molecule has 0 radical (unpaired) electrons. The van der Waals surface area contributed by atoms with Gasteiger partial charge in [0.05, 0.1) is 23.1 Å². The molecule has 0 bridgehead atoms. The van der Waals surface area contributed by atoms with Crippen LogP contribution in [0.1, 0.15) is 16.1 Å². The first kappa shape index (κ1) is 17.9. The van der Waals surface area contributed by atoms with Crippen LogP contribution in [0.5, 0.6) is 0 Å². The standard InChI is InChI=1S/C22H17ClN4O/c1-14-12-16(23)7-9-18(14)27-22(28)20-10-8-17(13-25-20)26-19-6-2-4-15-5-3-11-24-21(15)19/h2-13,26H,1H3,(H,27,28). The number of nitrogens with zero attached hydrogens (tertiary/aromatic N) is 2. The highest BCUT2D eigenvalue weighted by atomic mass is 35.5. The van der Waals surface area contributed by atoms with Crippen molar-refractivity contribution in [3.05, 3.63) is 89.3 Å². The van der Waals surface area contributed by atoms with E-state index in [2.05, 4.69) is 20.6 Å². The van der Waals surface area contributed by atoms with Crippen LogP contribution in [0.2, 0.25) is 5.02 Å². The van der Waals surface area contributed by atoms with E-state index in [0.717, 1.165) is 27.8 Å². The summed E-state index contributed by atoms with van der Waals surface area (Å²) in [6.45, 7) is 1.89. The second-order valence-corrected chi connectivity index (χ2v) is 6.79. The first-order valence-electron chi connectivity index (χ1n) is 8.74. The molecule has 0 fully saturated rings. The molecule has 2 aromatic heterocycles. The Kier molecular flexibility index (Phi) is 4.91. The van der Waals surface area contributed by atoms with Crippen LogP contribution in [-0.4, -0.2) is 15.9 Å². The predicted molar refractivity (Wildman–Crippen MR) is 113 cm³/mol. The Labute approximate surface area is 167 Å². The summed E-state index contributed by atoms with van der Waals surface area (Å²) in [4.78, 5) is 21.2. The minimum atomic E-state index is -0.274. The number of hydrogen-bond acceptors (Lipinski definition) is 4. The highest BCUT2D eigenvalue weighted by Gasteiger charge is 2.10. The highest BCUT2D eigenvalue weighted by molar-refractivity contribution is 6.30. The second-order valence-electron chi connectivity index (χ2n) is 6.35. The van der Waals surface area contributed by atoms with Gasteiger partial charge in [-0.25, -0.2) is 4.98 Å². The number of aryl methyl sites for hydroxylation is 1. The molecular formula is C22H17ClN4O. The number of fused-ring (bicyclic) bond motifs is 1. The topological polar surface area (TPSA) is 66.9 Å². The summed E-state index contributed by atoms with van der Waals surface area (Å²) in [5, 5.41) is 7.85. The summed E-state index contributed by atoms with van der Waals surface area (Å²) in [7, 11) is 0. The van der Waals surface area contributed by atoms with Gasteiger partial charge in [0, 0.05) is 22.3 Å². The van der Waals surface area contributed by atoms with Gasteiger partial charge in [0.2, 0.25) is 0 Å². The van der Waals surface area contributed by atoms with Gasteiger partial charge in [-0.05, 0) is 55.0 Å². The molecular weight excluding hydrogens is 372 g/mol.